The molecule has 4 heteroatoms. The number of rotatable bonds is 6. The van der Waals surface area contributed by atoms with E-state index in [4.69, 9.17) is 10.5 Å². The van der Waals surface area contributed by atoms with Crippen molar-refractivity contribution in [2.75, 3.05) is 19.7 Å². The fourth-order valence-corrected chi connectivity index (χ4v) is 3.51. The molecule has 20 heavy (non-hydrogen) atoms. The first-order valence-electron chi connectivity index (χ1n) is 8.42. The highest BCUT2D eigenvalue weighted by molar-refractivity contribution is 5.76. The Morgan fingerprint density at radius 2 is 1.85 bits per heavy atom. The van der Waals surface area contributed by atoms with E-state index in [1.54, 1.807) is 0 Å². The van der Waals surface area contributed by atoms with Crippen LogP contribution in [0.1, 0.15) is 64.2 Å². The molecule has 1 aliphatic heterocycles. The van der Waals surface area contributed by atoms with Crippen molar-refractivity contribution in [3.8, 4) is 0 Å². The average molecular weight is 282 g/mol. The predicted octanol–water partition coefficient (Wildman–Crippen LogP) is 2.46. The second kappa shape index (κ2) is 8.63. The van der Waals surface area contributed by atoms with Gasteiger partial charge in [0, 0.05) is 32.2 Å². The third-order valence-electron chi connectivity index (χ3n) is 4.66. The Labute approximate surface area is 123 Å². The van der Waals surface area contributed by atoms with Crippen LogP contribution in [0.4, 0.5) is 0 Å². The Morgan fingerprint density at radius 1 is 1.10 bits per heavy atom. The smallest absolute Gasteiger partial charge is 0.222 e. The maximum Gasteiger partial charge on any atom is 0.222 e. The molecule has 2 rings (SSSR count). The van der Waals surface area contributed by atoms with Crippen molar-refractivity contribution in [3.05, 3.63) is 0 Å². The van der Waals surface area contributed by atoms with Crippen LogP contribution in [-0.4, -0.2) is 42.6 Å². The number of nitrogens with zero attached hydrogens (tertiary/aromatic N) is 1. The van der Waals surface area contributed by atoms with E-state index in [0.29, 0.717) is 25.1 Å². The molecule has 2 fully saturated rings. The van der Waals surface area contributed by atoms with Crippen molar-refractivity contribution in [1.82, 2.24) is 4.90 Å². The van der Waals surface area contributed by atoms with Crippen LogP contribution in [-0.2, 0) is 9.53 Å². The van der Waals surface area contributed by atoms with Gasteiger partial charge >= 0.3 is 0 Å². The maximum atomic E-state index is 12.5. The summed E-state index contributed by atoms with van der Waals surface area (Å²) in [5.74, 6) is 0.288. The van der Waals surface area contributed by atoms with Gasteiger partial charge in [-0.25, -0.2) is 0 Å². The molecule has 2 N–H and O–H groups in total. The lowest BCUT2D eigenvalue weighted by Gasteiger charge is -2.34. The van der Waals surface area contributed by atoms with Crippen LogP contribution in [0.15, 0.2) is 0 Å². The highest BCUT2D eigenvalue weighted by Crippen LogP contribution is 2.24. The molecule has 0 spiro atoms. The Morgan fingerprint density at radius 3 is 2.50 bits per heavy atom. The SMILES string of the molecule is NCCN(C(=O)CCC1CCCCO1)C1CCCCC1. The number of amides is 1. The van der Waals surface area contributed by atoms with E-state index in [-0.39, 0.29) is 5.91 Å². The highest BCUT2D eigenvalue weighted by Gasteiger charge is 2.25. The second-order valence-corrected chi connectivity index (χ2v) is 6.19. The van der Waals surface area contributed by atoms with Crippen molar-refractivity contribution >= 4 is 5.91 Å². The number of nitrogens with two attached hydrogens (primary N) is 1. The number of carbonyl (C=O) groups excluding carboxylic acids is 1. The van der Waals surface area contributed by atoms with Crippen LogP contribution >= 0.6 is 0 Å². The maximum absolute atomic E-state index is 12.5. The van der Waals surface area contributed by atoms with Gasteiger partial charge in [0.1, 0.15) is 0 Å². The molecule has 1 saturated carbocycles. The Kier molecular flexibility index (Phi) is 6.80. The van der Waals surface area contributed by atoms with E-state index in [9.17, 15) is 4.79 Å². The van der Waals surface area contributed by atoms with E-state index >= 15 is 0 Å². The summed E-state index contributed by atoms with van der Waals surface area (Å²) in [5.41, 5.74) is 5.69. The predicted molar refractivity (Wildman–Crippen MR) is 80.5 cm³/mol. The molecule has 1 aliphatic carbocycles. The van der Waals surface area contributed by atoms with Gasteiger partial charge in [0.25, 0.3) is 0 Å². The van der Waals surface area contributed by atoms with Crippen molar-refractivity contribution in [3.63, 3.8) is 0 Å². The summed E-state index contributed by atoms with van der Waals surface area (Å²) in [7, 11) is 0. The zero-order chi connectivity index (χ0) is 14.2. The number of carbonyl (C=O) groups is 1. The average Bonchev–Trinajstić information content (AvgIpc) is 2.52. The van der Waals surface area contributed by atoms with E-state index in [2.05, 4.69) is 4.90 Å². The fourth-order valence-electron chi connectivity index (χ4n) is 3.51. The first kappa shape index (κ1) is 15.8. The molecule has 0 radical (unpaired) electrons. The molecule has 116 valence electrons. The molecule has 0 aromatic rings. The van der Waals surface area contributed by atoms with Crippen LogP contribution < -0.4 is 5.73 Å². The van der Waals surface area contributed by atoms with Gasteiger partial charge in [0.05, 0.1) is 6.10 Å². The summed E-state index contributed by atoms with van der Waals surface area (Å²) in [6.45, 7) is 2.16. The van der Waals surface area contributed by atoms with E-state index in [1.165, 1.54) is 32.1 Å². The molecule has 2 aliphatic rings. The molecule has 1 heterocycles. The monoisotopic (exact) mass is 282 g/mol. The number of ether oxygens (including phenoxy) is 1. The van der Waals surface area contributed by atoms with Gasteiger partial charge in [-0.05, 0) is 38.5 Å². The minimum atomic E-state index is 0.288. The molecule has 1 amide bonds. The lowest BCUT2D eigenvalue weighted by Crippen LogP contribution is -2.44. The van der Waals surface area contributed by atoms with E-state index in [1.807, 2.05) is 0 Å². The van der Waals surface area contributed by atoms with Crippen molar-refractivity contribution in [2.45, 2.75) is 76.4 Å². The van der Waals surface area contributed by atoms with Crippen molar-refractivity contribution in [1.29, 1.82) is 0 Å². The molecule has 1 atom stereocenters. The molecule has 0 bridgehead atoms. The van der Waals surface area contributed by atoms with Crippen molar-refractivity contribution < 1.29 is 9.53 Å². The second-order valence-electron chi connectivity index (χ2n) is 6.19. The topological polar surface area (TPSA) is 55.6 Å². The first-order valence-corrected chi connectivity index (χ1v) is 8.42. The summed E-state index contributed by atoms with van der Waals surface area (Å²) in [4.78, 5) is 14.5. The van der Waals surface area contributed by atoms with Crippen LogP contribution in [0, 0.1) is 0 Å². The van der Waals surface area contributed by atoms with Crippen LogP contribution in [0.25, 0.3) is 0 Å². The number of hydrogen-bond acceptors (Lipinski definition) is 3. The Bertz CT molecular complexity index is 284. The van der Waals surface area contributed by atoms with Crippen LogP contribution in [0.3, 0.4) is 0 Å². The molecule has 1 saturated heterocycles. The summed E-state index contributed by atoms with van der Waals surface area (Å²) in [6, 6.07) is 0.437. The van der Waals surface area contributed by atoms with Crippen molar-refractivity contribution in [2.24, 2.45) is 5.73 Å². The zero-order valence-corrected chi connectivity index (χ0v) is 12.7. The zero-order valence-electron chi connectivity index (χ0n) is 12.7. The summed E-state index contributed by atoms with van der Waals surface area (Å²) in [5, 5.41) is 0. The fraction of sp³-hybridized carbons (Fsp3) is 0.938. The van der Waals surface area contributed by atoms with E-state index in [0.717, 1.165) is 38.8 Å². The van der Waals surface area contributed by atoms with Gasteiger partial charge in [0.2, 0.25) is 5.91 Å². The van der Waals surface area contributed by atoms with Gasteiger partial charge in [-0.3, -0.25) is 4.79 Å². The largest absolute Gasteiger partial charge is 0.378 e. The molecule has 1 unspecified atom stereocenters. The standard InChI is InChI=1S/C16H30N2O2/c17-11-12-18(14-6-2-1-3-7-14)16(19)10-9-15-8-4-5-13-20-15/h14-15H,1-13,17H2. The minimum absolute atomic E-state index is 0.288. The molecule has 0 aromatic carbocycles. The van der Waals surface area contributed by atoms with E-state index < -0.39 is 0 Å². The molecular formula is C16H30N2O2. The van der Waals surface area contributed by atoms with Gasteiger partial charge < -0.3 is 15.4 Å². The third-order valence-corrected chi connectivity index (χ3v) is 4.66. The van der Waals surface area contributed by atoms with Gasteiger partial charge in [-0.2, -0.15) is 0 Å². The Hall–Kier alpha value is -0.610. The third kappa shape index (κ3) is 4.74. The summed E-state index contributed by atoms with van der Waals surface area (Å²) in [6.07, 6.45) is 11.5. The minimum Gasteiger partial charge on any atom is -0.378 e. The lowest BCUT2D eigenvalue weighted by molar-refractivity contribution is -0.135. The lowest BCUT2D eigenvalue weighted by atomic mass is 9.93. The van der Waals surface area contributed by atoms with Gasteiger partial charge in [0.15, 0.2) is 0 Å². The normalized spacial score (nSPS) is 24.6. The highest BCUT2D eigenvalue weighted by atomic mass is 16.5. The number of hydrogen-bond donors (Lipinski definition) is 1. The van der Waals surface area contributed by atoms with Gasteiger partial charge in [-0.1, -0.05) is 19.3 Å². The summed E-state index contributed by atoms with van der Waals surface area (Å²) >= 11 is 0. The molecule has 0 aromatic heterocycles. The first-order chi connectivity index (χ1) is 9.81. The van der Waals surface area contributed by atoms with Crippen LogP contribution in [0.2, 0.25) is 0 Å². The molecule has 4 nitrogen and oxygen atoms in total. The summed E-state index contributed by atoms with van der Waals surface area (Å²) < 4.78 is 5.72. The van der Waals surface area contributed by atoms with Crippen LogP contribution in [0.5, 0.6) is 0 Å². The van der Waals surface area contributed by atoms with Gasteiger partial charge in [-0.15, -0.1) is 0 Å². The quantitative estimate of drug-likeness (QED) is 0.814. The molecular weight excluding hydrogens is 252 g/mol. The Balaban J connectivity index is 1.79.